The molecular formula is C10H13N3S2. The first-order chi connectivity index (χ1) is 7.36. The molecule has 2 aromatic heterocycles. The van der Waals surface area contributed by atoms with Crippen LogP contribution in [-0.2, 0) is 6.54 Å². The van der Waals surface area contributed by atoms with E-state index in [4.69, 9.17) is 0 Å². The lowest BCUT2D eigenvalue weighted by molar-refractivity contribution is 0.607. The predicted octanol–water partition coefficient (Wildman–Crippen LogP) is 2.49. The second kappa shape index (κ2) is 5.34. The largest absolute Gasteiger partial charge is 0.310 e. The van der Waals surface area contributed by atoms with Crippen molar-refractivity contribution >= 4 is 22.7 Å². The normalized spacial score (nSPS) is 12.9. The second-order valence-electron chi connectivity index (χ2n) is 3.38. The highest BCUT2D eigenvalue weighted by atomic mass is 32.1. The second-order valence-corrected chi connectivity index (χ2v) is 5.03. The van der Waals surface area contributed by atoms with Crippen molar-refractivity contribution in [3.8, 4) is 0 Å². The van der Waals surface area contributed by atoms with E-state index in [2.05, 4.69) is 27.6 Å². The van der Waals surface area contributed by atoms with Crippen LogP contribution in [0.2, 0.25) is 0 Å². The number of thiazole rings is 2. The summed E-state index contributed by atoms with van der Waals surface area (Å²) in [5.74, 6) is 0.476. The van der Waals surface area contributed by atoms with Crippen LogP contribution in [0.3, 0.4) is 0 Å². The monoisotopic (exact) mass is 239 g/mol. The minimum Gasteiger partial charge on any atom is -0.310 e. The quantitative estimate of drug-likeness (QED) is 0.871. The fraction of sp³-hybridized carbons (Fsp3) is 0.400. The fourth-order valence-corrected chi connectivity index (χ4v) is 2.56. The molecule has 1 unspecified atom stereocenters. The van der Waals surface area contributed by atoms with Crippen molar-refractivity contribution in [3.05, 3.63) is 33.2 Å². The molecular weight excluding hydrogens is 226 g/mol. The number of nitrogens with one attached hydrogen (secondary N) is 1. The molecule has 1 atom stereocenters. The summed E-state index contributed by atoms with van der Waals surface area (Å²) in [7, 11) is 0. The van der Waals surface area contributed by atoms with E-state index in [1.165, 1.54) is 5.01 Å². The minimum absolute atomic E-state index is 0.476. The Hall–Kier alpha value is -0.780. The minimum atomic E-state index is 0.476. The van der Waals surface area contributed by atoms with Crippen LogP contribution < -0.4 is 5.32 Å². The molecule has 0 aromatic carbocycles. The van der Waals surface area contributed by atoms with Gasteiger partial charge in [0, 0.05) is 36.0 Å². The van der Waals surface area contributed by atoms with Crippen LogP contribution in [0.4, 0.5) is 0 Å². The van der Waals surface area contributed by atoms with E-state index in [9.17, 15) is 0 Å². The molecule has 0 aliphatic rings. The Kier molecular flexibility index (Phi) is 3.82. The third-order valence-corrected chi connectivity index (χ3v) is 3.76. The Bertz CT molecular complexity index is 369. The highest BCUT2D eigenvalue weighted by molar-refractivity contribution is 7.09. The third-order valence-electron chi connectivity index (χ3n) is 2.11. The predicted molar refractivity (Wildman–Crippen MR) is 64.3 cm³/mol. The van der Waals surface area contributed by atoms with Gasteiger partial charge in [-0.2, -0.15) is 0 Å². The SMILES string of the molecule is CC(CNCc1cscn1)c1nccs1. The topological polar surface area (TPSA) is 37.8 Å². The van der Waals surface area contributed by atoms with Crippen molar-refractivity contribution in [2.75, 3.05) is 6.54 Å². The number of rotatable bonds is 5. The zero-order chi connectivity index (χ0) is 10.5. The zero-order valence-electron chi connectivity index (χ0n) is 8.51. The maximum Gasteiger partial charge on any atom is 0.0965 e. The van der Waals surface area contributed by atoms with Gasteiger partial charge in [-0.3, -0.25) is 0 Å². The molecule has 0 spiro atoms. The van der Waals surface area contributed by atoms with Crippen molar-refractivity contribution in [1.82, 2.24) is 15.3 Å². The maximum absolute atomic E-state index is 4.30. The average molecular weight is 239 g/mol. The Morgan fingerprint density at radius 1 is 1.47 bits per heavy atom. The molecule has 2 aromatic rings. The molecule has 0 saturated heterocycles. The van der Waals surface area contributed by atoms with Crippen LogP contribution in [0.5, 0.6) is 0 Å². The van der Waals surface area contributed by atoms with Gasteiger partial charge in [-0.25, -0.2) is 9.97 Å². The van der Waals surface area contributed by atoms with Crippen LogP contribution in [0, 0.1) is 0 Å². The summed E-state index contributed by atoms with van der Waals surface area (Å²) in [6, 6.07) is 0. The first kappa shape index (κ1) is 10.7. The maximum atomic E-state index is 4.30. The zero-order valence-corrected chi connectivity index (χ0v) is 10.1. The molecule has 0 aliphatic carbocycles. The molecule has 80 valence electrons. The lowest BCUT2D eigenvalue weighted by Gasteiger charge is -2.08. The van der Waals surface area contributed by atoms with Crippen LogP contribution in [0.1, 0.15) is 23.5 Å². The van der Waals surface area contributed by atoms with E-state index in [1.54, 1.807) is 22.7 Å². The van der Waals surface area contributed by atoms with Crippen LogP contribution in [0.25, 0.3) is 0 Å². The van der Waals surface area contributed by atoms with Gasteiger partial charge >= 0.3 is 0 Å². The molecule has 0 amide bonds. The molecule has 2 heterocycles. The Morgan fingerprint density at radius 3 is 3.07 bits per heavy atom. The Balaban J connectivity index is 1.74. The Labute approximate surface area is 97.2 Å². The number of nitrogens with zero attached hydrogens (tertiary/aromatic N) is 2. The molecule has 0 aliphatic heterocycles. The van der Waals surface area contributed by atoms with Gasteiger partial charge in [-0.05, 0) is 0 Å². The summed E-state index contributed by atoms with van der Waals surface area (Å²) in [6.45, 7) is 3.98. The van der Waals surface area contributed by atoms with Crippen molar-refractivity contribution in [1.29, 1.82) is 0 Å². The summed E-state index contributed by atoms with van der Waals surface area (Å²) < 4.78 is 0. The summed E-state index contributed by atoms with van der Waals surface area (Å²) >= 11 is 3.35. The third kappa shape index (κ3) is 3.09. The van der Waals surface area contributed by atoms with Gasteiger partial charge in [0.1, 0.15) is 0 Å². The molecule has 0 bridgehead atoms. The summed E-state index contributed by atoms with van der Waals surface area (Å²) in [4.78, 5) is 8.52. The van der Waals surface area contributed by atoms with Gasteiger partial charge in [-0.1, -0.05) is 6.92 Å². The summed E-state index contributed by atoms with van der Waals surface area (Å²) in [5.41, 5.74) is 2.98. The van der Waals surface area contributed by atoms with E-state index in [1.807, 2.05) is 17.1 Å². The molecule has 5 heteroatoms. The van der Waals surface area contributed by atoms with Gasteiger partial charge in [0.25, 0.3) is 0 Å². The van der Waals surface area contributed by atoms with E-state index in [-0.39, 0.29) is 0 Å². The van der Waals surface area contributed by atoms with Crippen molar-refractivity contribution in [3.63, 3.8) is 0 Å². The standard InChI is InChI=1S/C10H13N3S2/c1-8(10-12-2-3-15-10)4-11-5-9-6-14-7-13-9/h2-3,6-8,11H,4-5H2,1H3. The summed E-state index contributed by atoms with van der Waals surface area (Å²) in [5, 5.41) is 8.67. The molecule has 2 rings (SSSR count). The molecule has 0 fully saturated rings. The van der Waals surface area contributed by atoms with Gasteiger partial charge in [0.15, 0.2) is 0 Å². The van der Waals surface area contributed by atoms with Gasteiger partial charge in [0.2, 0.25) is 0 Å². The van der Waals surface area contributed by atoms with Crippen LogP contribution in [0.15, 0.2) is 22.5 Å². The smallest absolute Gasteiger partial charge is 0.0965 e. The molecule has 0 saturated carbocycles. The van der Waals surface area contributed by atoms with E-state index < -0.39 is 0 Å². The van der Waals surface area contributed by atoms with Crippen LogP contribution >= 0.6 is 22.7 Å². The number of hydrogen-bond acceptors (Lipinski definition) is 5. The summed E-state index contributed by atoms with van der Waals surface area (Å²) in [6.07, 6.45) is 1.86. The molecule has 0 radical (unpaired) electrons. The average Bonchev–Trinajstić information content (AvgIpc) is 2.90. The molecule has 15 heavy (non-hydrogen) atoms. The van der Waals surface area contributed by atoms with Gasteiger partial charge < -0.3 is 5.32 Å². The van der Waals surface area contributed by atoms with Gasteiger partial charge in [0.05, 0.1) is 16.2 Å². The van der Waals surface area contributed by atoms with Gasteiger partial charge in [-0.15, -0.1) is 22.7 Å². The van der Waals surface area contributed by atoms with Crippen LogP contribution in [-0.4, -0.2) is 16.5 Å². The molecule has 3 nitrogen and oxygen atoms in total. The van der Waals surface area contributed by atoms with E-state index in [0.29, 0.717) is 5.92 Å². The van der Waals surface area contributed by atoms with E-state index in [0.717, 1.165) is 18.8 Å². The highest BCUT2D eigenvalue weighted by Crippen LogP contribution is 2.16. The first-order valence-corrected chi connectivity index (χ1v) is 6.65. The number of hydrogen-bond donors (Lipinski definition) is 1. The Morgan fingerprint density at radius 2 is 2.40 bits per heavy atom. The molecule has 1 N–H and O–H groups in total. The highest BCUT2D eigenvalue weighted by Gasteiger charge is 2.07. The lowest BCUT2D eigenvalue weighted by atomic mass is 10.2. The van der Waals surface area contributed by atoms with Crippen molar-refractivity contribution in [2.24, 2.45) is 0 Å². The van der Waals surface area contributed by atoms with E-state index >= 15 is 0 Å². The van der Waals surface area contributed by atoms with Crippen molar-refractivity contribution < 1.29 is 0 Å². The number of aromatic nitrogens is 2. The lowest BCUT2D eigenvalue weighted by Crippen LogP contribution is -2.19. The van der Waals surface area contributed by atoms with Crippen molar-refractivity contribution in [2.45, 2.75) is 19.4 Å². The fourth-order valence-electron chi connectivity index (χ4n) is 1.31. The first-order valence-electron chi connectivity index (χ1n) is 4.83.